The average molecular weight is 362 g/mol. The fraction of sp³-hybridized carbons (Fsp3) is 0.667. The maximum absolute atomic E-state index is 13.0. The quantitative estimate of drug-likeness (QED) is 0.846. The number of piperidine rings is 2. The summed E-state index contributed by atoms with van der Waals surface area (Å²) in [6.07, 6.45) is 6.57. The summed E-state index contributed by atoms with van der Waals surface area (Å²) in [6, 6.07) is 7.33. The molecule has 0 saturated carbocycles. The molecule has 2 fully saturated rings. The van der Waals surface area contributed by atoms with Crippen LogP contribution in [0.4, 0.5) is 4.39 Å². The summed E-state index contributed by atoms with van der Waals surface area (Å²) in [5.74, 6) is 0.653. The van der Waals surface area contributed by atoms with E-state index in [0.29, 0.717) is 18.5 Å². The Morgan fingerprint density at radius 1 is 1.23 bits per heavy atom. The summed E-state index contributed by atoms with van der Waals surface area (Å²) >= 11 is 0. The highest BCUT2D eigenvalue weighted by Crippen LogP contribution is 2.22. The Kier molecular flexibility index (Phi) is 7.03. The molecule has 2 aliphatic rings. The Bertz CT molecular complexity index is 571. The highest BCUT2D eigenvalue weighted by molar-refractivity contribution is 5.78. The van der Waals surface area contributed by atoms with Crippen molar-refractivity contribution in [3.63, 3.8) is 0 Å². The lowest BCUT2D eigenvalue weighted by Crippen LogP contribution is -2.48. The maximum atomic E-state index is 13.0. The summed E-state index contributed by atoms with van der Waals surface area (Å²) in [7, 11) is 2.09. The van der Waals surface area contributed by atoms with Gasteiger partial charge in [-0.3, -0.25) is 9.69 Å². The molecular formula is C21H32FN3O. The van der Waals surface area contributed by atoms with E-state index < -0.39 is 0 Å². The Morgan fingerprint density at radius 2 is 1.96 bits per heavy atom. The number of hydrogen-bond donors (Lipinski definition) is 1. The van der Waals surface area contributed by atoms with Gasteiger partial charge in [0.2, 0.25) is 5.91 Å². The first-order valence-electron chi connectivity index (χ1n) is 10.0. The van der Waals surface area contributed by atoms with Gasteiger partial charge in [0.25, 0.3) is 0 Å². The van der Waals surface area contributed by atoms with E-state index in [-0.39, 0.29) is 11.7 Å². The van der Waals surface area contributed by atoms with Crippen LogP contribution in [0.5, 0.6) is 0 Å². The third-order valence-corrected chi connectivity index (χ3v) is 5.94. The molecule has 5 heteroatoms. The number of nitrogens with one attached hydrogen (secondary N) is 1. The number of nitrogens with zero attached hydrogens (tertiary/aromatic N) is 2. The van der Waals surface area contributed by atoms with Crippen molar-refractivity contribution in [3.8, 4) is 0 Å². The van der Waals surface area contributed by atoms with Gasteiger partial charge in [0, 0.05) is 19.1 Å². The molecule has 1 amide bonds. The van der Waals surface area contributed by atoms with Gasteiger partial charge in [-0.25, -0.2) is 4.39 Å². The van der Waals surface area contributed by atoms with E-state index in [1.807, 2.05) is 12.1 Å². The molecule has 2 aliphatic heterocycles. The minimum Gasteiger partial charge on any atom is -0.341 e. The number of rotatable bonds is 6. The lowest BCUT2D eigenvalue weighted by Gasteiger charge is -2.36. The number of amides is 1. The zero-order chi connectivity index (χ0) is 18.4. The predicted molar refractivity (Wildman–Crippen MR) is 103 cm³/mol. The van der Waals surface area contributed by atoms with Crippen molar-refractivity contribution in [2.24, 2.45) is 5.92 Å². The van der Waals surface area contributed by atoms with Crippen LogP contribution in [-0.4, -0.2) is 61.5 Å². The monoisotopic (exact) mass is 361 g/mol. The van der Waals surface area contributed by atoms with Crippen molar-refractivity contribution in [2.45, 2.75) is 44.6 Å². The van der Waals surface area contributed by atoms with Crippen molar-refractivity contribution in [1.82, 2.24) is 15.1 Å². The maximum Gasteiger partial charge on any atom is 0.236 e. The van der Waals surface area contributed by atoms with E-state index in [1.165, 1.54) is 24.1 Å². The zero-order valence-electron chi connectivity index (χ0n) is 15.9. The van der Waals surface area contributed by atoms with Crippen LogP contribution in [0.1, 0.15) is 37.7 Å². The van der Waals surface area contributed by atoms with Gasteiger partial charge in [0.1, 0.15) is 5.82 Å². The molecule has 0 aliphatic carbocycles. The van der Waals surface area contributed by atoms with Crippen LogP contribution in [0.25, 0.3) is 0 Å². The number of carbonyl (C=O) groups is 1. The highest BCUT2D eigenvalue weighted by Gasteiger charge is 2.26. The first-order chi connectivity index (χ1) is 12.6. The Hall–Kier alpha value is -1.46. The van der Waals surface area contributed by atoms with Gasteiger partial charge in [-0.05, 0) is 82.3 Å². The molecule has 1 aromatic rings. The van der Waals surface area contributed by atoms with Crippen LogP contribution in [0, 0.1) is 11.7 Å². The van der Waals surface area contributed by atoms with E-state index in [4.69, 9.17) is 0 Å². The van der Waals surface area contributed by atoms with E-state index in [9.17, 15) is 9.18 Å². The number of aryl methyl sites for hydroxylation is 1. The van der Waals surface area contributed by atoms with Crippen LogP contribution in [0.15, 0.2) is 24.3 Å². The van der Waals surface area contributed by atoms with Crippen LogP contribution >= 0.6 is 0 Å². The van der Waals surface area contributed by atoms with Gasteiger partial charge in [-0.15, -0.1) is 0 Å². The van der Waals surface area contributed by atoms with Gasteiger partial charge >= 0.3 is 0 Å². The first kappa shape index (κ1) is 19.3. The molecule has 2 saturated heterocycles. The molecule has 4 nitrogen and oxygen atoms in total. The molecule has 0 bridgehead atoms. The minimum atomic E-state index is -0.180. The van der Waals surface area contributed by atoms with Crippen molar-refractivity contribution in [1.29, 1.82) is 0 Å². The molecular weight excluding hydrogens is 329 g/mol. The molecule has 144 valence electrons. The zero-order valence-corrected chi connectivity index (χ0v) is 15.9. The number of benzene rings is 1. The fourth-order valence-corrected chi connectivity index (χ4v) is 4.24. The van der Waals surface area contributed by atoms with E-state index >= 15 is 0 Å². The van der Waals surface area contributed by atoms with E-state index in [1.54, 1.807) is 0 Å². The van der Waals surface area contributed by atoms with Crippen LogP contribution in [-0.2, 0) is 11.2 Å². The number of carbonyl (C=O) groups excluding carboxylic acids is 1. The third kappa shape index (κ3) is 5.52. The highest BCUT2D eigenvalue weighted by atomic mass is 19.1. The van der Waals surface area contributed by atoms with Gasteiger partial charge in [-0.2, -0.15) is 0 Å². The van der Waals surface area contributed by atoms with Crippen molar-refractivity contribution in [2.75, 3.05) is 39.8 Å². The fourth-order valence-electron chi connectivity index (χ4n) is 4.24. The summed E-state index contributed by atoms with van der Waals surface area (Å²) < 4.78 is 13.0. The minimum absolute atomic E-state index is 0.180. The van der Waals surface area contributed by atoms with Crippen molar-refractivity contribution >= 4 is 5.91 Å². The average Bonchev–Trinajstić information content (AvgIpc) is 2.68. The topological polar surface area (TPSA) is 35.6 Å². The summed E-state index contributed by atoms with van der Waals surface area (Å²) in [6.45, 7) is 4.41. The molecule has 1 atom stereocenters. The number of hydrogen-bond acceptors (Lipinski definition) is 3. The molecule has 3 rings (SSSR count). The largest absolute Gasteiger partial charge is 0.341 e. The Labute approximate surface area is 156 Å². The molecule has 0 radical (unpaired) electrons. The van der Waals surface area contributed by atoms with Crippen molar-refractivity contribution in [3.05, 3.63) is 35.6 Å². The third-order valence-electron chi connectivity index (χ3n) is 5.94. The molecule has 0 spiro atoms. The molecule has 1 aromatic carbocycles. The molecule has 0 unspecified atom stereocenters. The summed E-state index contributed by atoms with van der Waals surface area (Å²) in [5, 5.41) is 3.38. The van der Waals surface area contributed by atoms with Crippen molar-refractivity contribution < 1.29 is 9.18 Å². The van der Waals surface area contributed by atoms with Gasteiger partial charge < -0.3 is 10.2 Å². The van der Waals surface area contributed by atoms with Gasteiger partial charge in [-0.1, -0.05) is 12.1 Å². The number of likely N-dealkylation sites (N-methyl/N-ethyl adjacent to an activating group) is 1. The molecule has 26 heavy (non-hydrogen) atoms. The number of likely N-dealkylation sites (tertiary alicyclic amines) is 1. The molecule has 2 heterocycles. The van der Waals surface area contributed by atoms with Gasteiger partial charge in [0.15, 0.2) is 0 Å². The standard InChI is InChI=1S/C21H32FN3O/c1-24(20-10-12-23-13-11-20)16-21(26)25-14-2-3-18(15-25)5-4-17-6-8-19(22)9-7-17/h6-9,18,20,23H,2-5,10-16H2,1H3/t18-/m0/s1. The number of halogens is 1. The second-order valence-electron chi connectivity index (χ2n) is 7.91. The Morgan fingerprint density at radius 3 is 2.69 bits per heavy atom. The normalized spacial score (nSPS) is 22.0. The molecule has 1 N–H and O–H groups in total. The molecule has 0 aromatic heterocycles. The summed E-state index contributed by atoms with van der Waals surface area (Å²) in [5.41, 5.74) is 1.18. The summed E-state index contributed by atoms with van der Waals surface area (Å²) in [4.78, 5) is 17.0. The second kappa shape index (κ2) is 9.47. The predicted octanol–water partition coefficient (Wildman–Crippen LogP) is 2.68. The SMILES string of the molecule is CN(CC(=O)N1CCC[C@@H](CCc2ccc(F)cc2)C1)C1CCNCC1. The van der Waals surface area contributed by atoms with Gasteiger partial charge in [0.05, 0.1) is 6.54 Å². The second-order valence-corrected chi connectivity index (χ2v) is 7.91. The van der Waals surface area contributed by atoms with Crippen LogP contribution in [0.2, 0.25) is 0 Å². The van der Waals surface area contributed by atoms with E-state index in [0.717, 1.165) is 58.3 Å². The van der Waals surface area contributed by atoms with Crippen LogP contribution < -0.4 is 5.32 Å². The smallest absolute Gasteiger partial charge is 0.236 e. The lowest BCUT2D eigenvalue weighted by atomic mass is 9.91. The van der Waals surface area contributed by atoms with E-state index in [2.05, 4.69) is 22.2 Å². The Balaban J connectivity index is 1.44. The van der Waals surface area contributed by atoms with Crippen LogP contribution in [0.3, 0.4) is 0 Å². The first-order valence-corrected chi connectivity index (χ1v) is 10.0. The lowest BCUT2D eigenvalue weighted by molar-refractivity contribution is -0.134.